The minimum absolute atomic E-state index is 0.182. The third kappa shape index (κ3) is 12.3. The Balaban J connectivity index is 0.000000673. The molecular formula is C31H42N4O4. The summed E-state index contributed by atoms with van der Waals surface area (Å²) in [7, 11) is 1.86. The minimum atomic E-state index is -0.349. The first-order chi connectivity index (χ1) is 18.8. The average Bonchev–Trinajstić information content (AvgIpc) is 3.38. The molecule has 2 heterocycles. The molecule has 1 aromatic carbocycles. The summed E-state index contributed by atoms with van der Waals surface area (Å²) < 4.78 is 17.2. The van der Waals surface area contributed by atoms with Crippen LogP contribution in [0.25, 0.3) is 0 Å². The van der Waals surface area contributed by atoms with E-state index in [1.165, 1.54) is 11.1 Å². The lowest BCUT2D eigenvalue weighted by atomic mass is 9.93. The van der Waals surface area contributed by atoms with Crippen LogP contribution in [0.1, 0.15) is 57.2 Å². The van der Waals surface area contributed by atoms with Gasteiger partial charge in [0.05, 0.1) is 18.7 Å². The lowest BCUT2D eigenvalue weighted by Crippen LogP contribution is -2.30. The van der Waals surface area contributed by atoms with E-state index in [9.17, 15) is 4.79 Å². The third-order valence-corrected chi connectivity index (χ3v) is 5.74. The monoisotopic (exact) mass is 534 g/mol. The molecular weight excluding hydrogens is 492 g/mol. The number of carbonyl (C=O) groups excluding carboxylic acids is 1. The molecule has 210 valence electrons. The number of hydrogen-bond donors (Lipinski definition) is 1. The van der Waals surface area contributed by atoms with Gasteiger partial charge in [-0.2, -0.15) is 5.26 Å². The van der Waals surface area contributed by atoms with Crippen molar-refractivity contribution in [3.05, 3.63) is 53.2 Å². The van der Waals surface area contributed by atoms with Gasteiger partial charge in [0.15, 0.2) is 6.29 Å². The van der Waals surface area contributed by atoms with Crippen molar-refractivity contribution in [3.8, 4) is 23.7 Å². The highest BCUT2D eigenvalue weighted by Crippen LogP contribution is 2.27. The Labute approximate surface area is 233 Å². The number of rotatable bonds is 12. The van der Waals surface area contributed by atoms with E-state index in [2.05, 4.69) is 45.2 Å². The molecule has 0 spiro atoms. The number of carbonyl (C=O) groups is 1. The number of anilines is 1. The molecule has 39 heavy (non-hydrogen) atoms. The van der Waals surface area contributed by atoms with Gasteiger partial charge in [0.2, 0.25) is 0 Å². The van der Waals surface area contributed by atoms with E-state index in [1.807, 2.05) is 46.9 Å². The van der Waals surface area contributed by atoms with Gasteiger partial charge in [-0.1, -0.05) is 44.7 Å². The lowest BCUT2D eigenvalue weighted by molar-refractivity contribution is -0.132. The zero-order valence-corrected chi connectivity index (χ0v) is 24.0. The third-order valence-electron chi connectivity index (χ3n) is 5.74. The zero-order valence-electron chi connectivity index (χ0n) is 24.0. The number of aromatic nitrogens is 1. The number of aldehydes is 1. The molecule has 8 nitrogen and oxygen atoms in total. The summed E-state index contributed by atoms with van der Waals surface area (Å²) in [5, 5.41) is 12.1. The van der Waals surface area contributed by atoms with Gasteiger partial charge in [-0.15, -0.1) is 0 Å². The van der Waals surface area contributed by atoms with Crippen LogP contribution in [0.5, 0.6) is 5.75 Å². The summed E-state index contributed by atoms with van der Waals surface area (Å²) in [6, 6.07) is 12.1. The predicted molar refractivity (Wildman–Crippen MR) is 153 cm³/mol. The van der Waals surface area contributed by atoms with Crippen LogP contribution in [0.15, 0.2) is 36.5 Å². The predicted octanol–water partition coefficient (Wildman–Crippen LogP) is 4.51. The van der Waals surface area contributed by atoms with E-state index >= 15 is 0 Å². The number of ether oxygens (including phenoxy) is 3. The number of pyridine rings is 1. The Morgan fingerprint density at radius 1 is 1.23 bits per heavy atom. The van der Waals surface area contributed by atoms with Crippen LogP contribution < -0.4 is 15.0 Å². The number of nitriles is 1. The quantitative estimate of drug-likeness (QED) is 0.241. The number of nitrogens with one attached hydrogen (secondary N) is 1. The van der Waals surface area contributed by atoms with Crippen molar-refractivity contribution >= 4 is 12.1 Å². The van der Waals surface area contributed by atoms with Crippen LogP contribution in [0.2, 0.25) is 0 Å². The molecule has 1 atom stereocenters. The summed E-state index contributed by atoms with van der Waals surface area (Å²) in [5.74, 6) is 7.76. The Bertz CT molecular complexity index is 1110. The normalized spacial score (nSPS) is 12.5. The van der Waals surface area contributed by atoms with Crippen LogP contribution in [-0.2, 0) is 27.2 Å². The van der Waals surface area contributed by atoms with Gasteiger partial charge in [-0.05, 0) is 48.7 Å². The molecule has 8 heteroatoms. The Hall–Kier alpha value is -3.43. The van der Waals surface area contributed by atoms with Crippen molar-refractivity contribution in [1.82, 2.24) is 10.3 Å². The summed E-state index contributed by atoms with van der Waals surface area (Å²) >= 11 is 0. The first-order valence-electron chi connectivity index (χ1n) is 13.4. The largest absolute Gasteiger partial charge is 0.493 e. The minimum Gasteiger partial charge on any atom is -0.493 e. The smallest absolute Gasteiger partial charge is 0.160 e. The van der Waals surface area contributed by atoms with Crippen LogP contribution in [0.3, 0.4) is 0 Å². The molecule has 0 fully saturated rings. The van der Waals surface area contributed by atoms with Gasteiger partial charge in [0.1, 0.15) is 30.5 Å². The molecule has 3 rings (SSSR count). The van der Waals surface area contributed by atoms with Crippen molar-refractivity contribution < 1.29 is 19.0 Å². The van der Waals surface area contributed by atoms with Crippen molar-refractivity contribution in [2.75, 3.05) is 44.9 Å². The maximum absolute atomic E-state index is 9.82. The first kappa shape index (κ1) is 31.8. The second-order valence-electron chi connectivity index (χ2n) is 10.3. The van der Waals surface area contributed by atoms with Crippen molar-refractivity contribution in [3.63, 3.8) is 0 Å². The molecule has 0 bridgehead atoms. The molecule has 0 saturated carbocycles. The van der Waals surface area contributed by atoms with Crippen molar-refractivity contribution in [1.29, 1.82) is 5.26 Å². The van der Waals surface area contributed by atoms with Gasteiger partial charge < -0.3 is 29.2 Å². The van der Waals surface area contributed by atoms with E-state index in [4.69, 9.17) is 19.5 Å². The fraction of sp³-hybridized carbons (Fsp3) is 0.516. The van der Waals surface area contributed by atoms with E-state index in [0.717, 1.165) is 30.9 Å². The Morgan fingerprint density at radius 3 is 2.67 bits per heavy atom. The standard InChI is InChI=1S/C25H30N4O3.C6H12O/c1-3-30-25(32-14-5-4-12-27-2)10-13-29(24-9-7-21(17-26)18-28-24)19-20-6-8-23-22(16-20)11-15-31-23;1-6(2,3)4-5-7/h6-9,16,18,25,27H,3,10-15,19H2,1-2H3;5H,4H2,1-3H3/t25-;/m1./s1. The maximum atomic E-state index is 9.82. The molecule has 1 N–H and O–H groups in total. The van der Waals surface area contributed by atoms with Gasteiger partial charge in [-0.3, -0.25) is 0 Å². The molecule has 1 aliphatic rings. The van der Waals surface area contributed by atoms with Crippen LogP contribution in [0, 0.1) is 28.6 Å². The second kappa shape index (κ2) is 17.2. The molecule has 0 radical (unpaired) electrons. The summed E-state index contributed by atoms with van der Waals surface area (Å²) in [4.78, 5) is 16.5. The van der Waals surface area contributed by atoms with Crippen molar-refractivity contribution in [2.45, 2.75) is 59.8 Å². The maximum Gasteiger partial charge on any atom is 0.160 e. The highest BCUT2D eigenvalue weighted by atomic mass is 16.7. The summed E-state index contributed by atoms with van der Waals surface area (Å²) in [6.45, 7) is 11.7. The molecule has 1 aliphatic heterocycles. The number of nitrogens with zero attached hydrogens (tertiary/aromatic N) is 3. The number of benzene rings is 1. The highest BCUT2D eigenvalue weighted by Gasteiger charge is 2.17. The molecule has 2 aromatic rings. The summed E-state index contributed by atoms with van der Waals surface area (Å²) in [5.41, 5.74) is 3.15. The van der Waals surface area contributed by atoms with Gasteiger partial charge >= 0.3 is 0 Å². The first-order valence-corrected chi connectivity index (χ1v) is 13.4. The van der Waals surface area contributed by atoms with Crippen molar-refractivity contribution in [2.24, 2.45) is 5.41 Å². The topological polar surface area (TPSA) is 96.7 Å². The fourth-order valence-electron chi connectivity index (χ4n) is 3.72. The van der Waals surface area contributed by atoms with E-state index in [-0.39, 0.29) is 11.7 Å². The lowest BCUT2D eigenvalue weighted by Gasteiger charge is -2.26. The van der Waals surface area contributed by atoms with E-state index < -0.39 is 0 Å². The molecule has 1 aromatic heterocycles. The van der Waals surface area contributed by atoms with Gasteiger partial charge in [0, 0.05) is 45.2 Å². The highest BCUT2D eigenvalue weighted by molar-refractivity contribution is 5.50. The Morgan fingerprint density at radius 2 is 2.05 bits per heavy atom. The average molecular weight is 535 g/mol. The number of fused-ring (bicyclic) bond motifs is 1. The second-order valence-corrected chi connectivity index (χ2v) is 10.3. The van der Waals surface area contributed by atoms with Crippen LogP contribution in [0.4, 0.5) is 5.82 Å². The Kier molecular flexibility index (Phi) is 14.0. The van der Waals surface area contributed by atoms with E-state index in [1.54, 1.807) is 12.3 Å². The number of hydrogen-bond acceptors (Lipinski definition) is 8. The fourth-order valence-corrected chi connectivity index (χ4v) is 3.72. The van der Waals surface area contributed by atoms with Gasteiger partial charge in [0.25, 0.3) is 0 Å². The van der Waals surface area contributed by atoms with Crippen LogP contribution >= 0.6 is 0 Å². The van der Waals surface area contributed by atoms with Crippen LogP contribution in [-0.4, -0.2) is 57.5 Å². The molecule has 0 unspecified atom stereocenters. The molecule has 0 amide bonds. The van der Waals surface area contributed by atoms with E-state index in [0.29, 0.717) is 51.3 Å². The molecule has 0 aliphatic carbocycles. The molecule has 0 saturated heterocycles. The summed E-state index contributed by atoms with van der Waals surface area (Å²) in [6.07, 6.45) is 4.47. The SMILES string of the molecule is CC(C)(C)CC=O.CCO[C@@H](CCN(Cc1ccc2c(c1)CCO2)c1ccc(C#N)cn1)OCC#CCNC. The zero-order chi connectivity index (χ0) is 28.5. The van der Waals surface area contributed by atoms with Gasteiger partial charge in [-0.25, -0.2) is 4.98 Å².